The second-order valence-corrected chi connectivity index (χ2v) is 7.45. The van der Waals surface area contributed by atoms with Crippen molar-refractivity contribution in [2.75, 3.05) is 5.75 Å². The number of nitrogens with zero attached hydrogens (tertiary/aromatic N) is 4. The van der Waals surface area contributed by atoms with Crippen molar-refractivity contribution in [3.8, 4) is 0 Å². The Kier molecular flexibility index (Phi) is 5.80. The first-order valence-electron chi connectivity index (χ1n) is 9.08. The lowest BCUT2D eigenvalue weighted by Gasteiger charge is -2.14. The van der Waals surface area contributed by atoms with Crippen LogP contribution >= 0.6 is 11.8 Å². The quantitative estimate of drug-likeness (QED) is 0.344. The first-order valence-corrected chi connectivity index (χ1v) is 10.1. The first kappa shape index (κ1) is 19.7. The van der Waals surface area contributed by atoms with Crippen molar-refractivity contribution in [2.45, 2.75) is 24.2 Å². The third-order valence-corrected chi connectivity index (χ3v) is 5.41. The number of hydrogen-bond donors (Lipinski definition) is 3. The SMILES string of the molecule is O=C(CSc1nnnn1Cc1ccco1)N[C@H](Cc1c[nH]c2ccccc12)C(=O)O. The van der Waals surface area contributed by atoms with Crippen molar-refractivity contribution in [3.05, 3.63) is 60.2 Å². The van der Waals surface area contributed by atoms with Crippen LogP contribution in [0.25, 0.3) is 10.9 Å². The van der Waals surface area contributed by atoms with Gasteiger partial charge in [-0.05, 0) is 34.2 Å². The number of carboxylic acid groups (broad SMARTS) is 1. The molecule has 11 heteroatoms. The molecule has 1 amide bonds. The van der Waals surface area contributed by atoms with Crippen LogP contribution in [0.1, 0.15) is 11.3 Å². The van der Waals surface area contributed by atoms with Crippen LogP contribution in [-0.2, 0) is 22.6 Å². The molecule has 0 aliphatic rings. The Bertz CT molecular complexity index is 1150. The molecule has 0 saturated carbocycles. The van der Waals surface area contributed by atoms with Crippen LogP contribution in [0.15, 0.2) is 58.4 Å². The lowest BCUT2D eigenvalue weighted by Crippen LogP contribution is -2.43. The first-order chi connectivity index (χ1) is 14.6. The number of tetrazole rings is 1. The van der Waals surface area contributed by atoms with Crippen molar-refractivity contribution < 1.29 is 19.1 Å². The molecular weight excluding hydrogens is 408 g/mol. The van der Waals surface area contributed by atoms with E-state index in [4.69, 9.17) is 4.42 Å². The average Bonchev–Trinajstić information content (AvgIpc) is 3.48. The Labute approximate surface area is 174 Å². The number of para-hydroxylation sites is 1. The number of carboxylic acids is 1. The van der Waals surface area contributed by atoms with Crippen LogP contribution in [0, 0.1) is 0 Å². The molecule has 0 bridgehead atoms. The number of benzene rings is 1. The van der Waals surface area contributed by atoms with E-state index in [1.807, 2.05) is 24.3 Å². The van der Waals surface area contributed by atoms with Gasteiger partial charge < -0.3 is 19.8 Å². The maximum atomic E-state index is 12.4. The van der Waals surface area contributed by atoms with Crippen LogP contribution in [-0.4, -0.2) is 54.0 Å². The van der Waals surface area contributed by atoms with Crippen molar-refractivity contribution in [2.24, 2.45) is 0 Å². The minimum absolute atomic E-state index is 0.0177. The highest BCUT2D eigenvalue weighted by Crippen LogP contribution is 2.19. The number of nitrogens with one attached hydrogen (secondary N) is 2. The van der Waals surface area contributed by atoms with Gasteiger partial charge in [-0.1, -0.05) is 30.0 Å². The van der Waals surface area contributed by atoms with Gasteiger partial charge in [0, 0.05) is 23.5 Å². The molecule has 0 spiro atoms. The molecule has 0 unspecified atom stereocenters. The molecule has 3 heterocycles. The molecule has 1 aromatic carbocycles. The van der Waals surface area contributed by atoms with Gasteiger partial charge in [0.05, 0.1) is 12.0 Å². The summed E-state index contributed by atoms with van der Waals surface area (Å²) in [6.07, 6.45) is 3.50. The van der Waals surface area contributed by atoms with Crippen molar-refractivity contribution in [1.29, 1.82) is 0 Å². The standard InChI is InChI=1S/C19H18N6O4S/c26-17(11-30-19-22-23-24-25(19)10-13-4-3-7-29-13)21-16(18(27)28)8-12-9-20-15-6-2-1-5-14(12)15/h1-7,9,16,20H,8,10-11H2,(H,21,26)(H,27,28)/t16-/m1/s1. The molecule has 3 aromatic heterocycles. The van der Waals surface area contributed by atoms with E-state index in [9.17, 15) is 14.7 Å². The lowest BCUT2D eigenvalue weighted by molar-refractivity contribution is -0.141. The zero-order chi connectivity index (χ0) is 20.9. The summed E-state index contributed by atoms with van der Waals surface area (Å²) in [5.74, 6) is -0.852. The summed E-state index contributed by atoms with van der Waals surface area (Å²) in [7, 11) is 0. The summed E-state index contributed by atoms with van der Waals surface area (Å²) >= 11 is 1.12. The second kappa shape index (κ2) is 8.82. The fourth-order valence-electron chi connectivity index (χ4n) is 3.04. The zero-order valence-electron chi connectivity index (χ0n) is 15.7. The number of thioether (sulfide) groups is 1. The number of furan rings is 1. The third-order valence-electron chi connectivity index (χ3n) is 4.45. The number of aromatic amines is 1. The van der Waals surface area contributed by atoms with Crippen molar-refractivity contribution in [1.82, 2.24) is 30.5 Å². The van der Waals surface area contributed by atoms with E-state index >= 15 is 0 Å². The Balaban J connectivity index is 1.36. The highest BCUT2D eigenvalue weighted by Gasteiger charge is 2.22. The third kappa shape index (κ3) is 4.51. The predicted molar refractivity (Wildman–Crippen MR) is 108 cm³/mol. The fraction of sp³-hybridized carbons (Fsp3) is 0.211. The number of fused-ring (bicyclic) bond motifs is 1. The Morgan fingerprint density at radius 3 is 2.93 bits per heavy atom. The number of rotatable bonds is 9. The molecule has 0 saturated heterocycles. The Morgan fingerprint density at radius 1 is 1.27 bits per heavy atom. The number of carbonyl (C=O) groups is 2. The topological polar surface area (TPSA) is 139 Å². The van der Waals surface area contributed by atoms with Gasteiger partial charge in [0.25, 0.3) is 0 Å². The van der Waals surface area contributed by atoms with Crippen LogP contribution in [0.4, 0.5) is 0 Å². The molecule has 3 N–H and O–H groups in total. The maximum Gasteiger partial charge on any atom is 0.326 e. The van der Waals surface area contributed by atoms with E-state index in [0.717, 1.165) is 28.2 Å². The number of carbonyl (C=O) groups excluding carboxylic acids is 1. The van der Waals surface area contributed by atoms with Gasteiger partial charge in [0.15, 0.2) is 0 Å². The number of amides is 1. The second-order valence-electron chi connectivity index (χ2n) is 6.51. The molecule has 10 nitrogen and oxygen atoms in total. The normalized spacial score (nSPS) is 12.1. The van der Waals surface area contributed by atoms with Crippen LogP contribution < -0.4 is 5.32 Å². The predicted octanol–water partition coefficient (Wildman–Crippen LogP) is 1.70. The number of aromatic nitrogens is 5. The molecule has 0 aliphatic carbocycles. The maximum absolute atomic E-state index is 12.4. The van der Waals surface area contributed by atoms with Crippen LogP contribution in [0.5, 0.6) is 0 Å². The molecule has 1 atom stereocenters. The number of hydrogen-bond acceptors (Lipinski definition) is 7. The summed E-state index contributed by atoms with van der Waals surface area (Å²) in [4.78, 5) is 27.2. The van der Waals surface area contributed by atoms with Gasteiger partial charge in [-0.15, -0.1) is 5.10 Å². The highest BCUT2D eigenvalue weighted by atomic mass is 32.2. The van der Waals surface area contributed by atoms with Crippen molar-refractivity contribution in [3.63, 3.8) is 0 Å². The van der Waals surface area contributed by atoms with E-state index in [1.54, 1.807) is 24.6 Å². The van der Waals surface area contributed by atoms with E-state index in [1.165, 1.54) is 4.68 Å². The minimum atomic E-state index is -1.10. The van der Waals surface area contributed by atoms with Gasteiger partial charge in [-0.2, -0.15) is 0 Å². The summed E-state index contributed by atoms with van der Waals surface area (Å²) in [5, 5.41) is 24.9. The average molecular weight is 426 g/mol. The number of H-pyrrole nitrogens is 1. The van der Waals surface area contributed by atoms with Gasteiger partial charge in [-0.3, -0.25) is 4.79 Å². The van der Waals surface area contributed by atoms with E-state index in [-0.39, 0.29) is 12.2 Å². The summed E-state index contributed by atoms with van der Waals surface area (Å²) in [6, 6.07) is 10.1. The molecular formula is C19H18N6O4S. The molecule has 154 valence electrons. The monoisotopic (exact) mass is 426 g/mol. The number of aliphatic carboxylic acids is 1. The van der Waals surface area contributed by atoms with Gasteiger partial charge in [0.2, 0.25) is 11.1 Å². The lowest BCUT2D eigenvalue weighted by atomic mass is 10.1. The zero-order valence-corrected chi connectivity index (χ0v) is 16.5. The highest BCUT2D eigenvalue weighted by molar-refractivity contribution is 7.99. The van der Waals surface area contributed by atoms with E-state index < -0.39 is 17.9 Å². The molecule has 4 aromatic rings. The molecule has 4 rings (SSSR count). The molecule has 0 aliphatic heterocycles. The Morgan fingerprint density at radius 2 is 2.13 bits per heavy atom. The summed E-state index contributed by atoms with van der Waals surface area (Å²) in [6.45, 7) is 0.336. The molecule has 0 fully saturated rings. The minimum Gasteiger partial charge on any atom is -0.480 e. The van der Waals surface area contributed by atoms with Gasteiger partial charge in [-0.25, -0.2) is 9.48 Å². The van der Waals surface area contributed by atoms with Crippen molar-refractivity contribution >= 4 is 34.5 Å². The Hall–Kier alpha value is -3.60. The van der Waals surface area contributed by atoms with Crippen LogP contribution in [0.3, 0.4) is 0 Å². The fourth-order valence-corrected chi connectivity index (χ4v) is 3.72. The van der Waals surface area contributed by atoms with E-state index in [2.05, 4.69) is 25.8 Å². The van der Waals surface area contributed by atoms with E-state index in [0.29, 0.717) is 17.5 Å². The van der Waals surface area contributed by atoms with Crippen LogP contribution in [0.2, 0.25) is 0 Å². The summed E-state index contributed by atoms with van der Waals surface area (Å²) in [5.41, 5.74) is 1.75. The summed E-state index contributed by atoms with van der Waals surface area (Å²) < 4.78 is 6.79. The smallest absolute Gasteiger partial charge is 0.326 e. The van der Waals surface area contributed by atoms with Gasteiger partial charge >= 0.3 is 5.97 Å². The largest absolute Gasteiger partial charge is 0.480 e. The molecule has 0 radical (unpaired) electrons. The van der Waals surface area contributed by atoms with Gasteiger partial charge in [0.1, 0.15) is 18.3 Å². The molecule has 30 heavy (non-hydrogen) atoms.